The summed E-state index contributed by atoms with van der Waals surface area (Å²) in [6.45, 7) is 6.01. The van der Waals surface area contributed by atoms with Crippen molar-refractivity contribution in [2.75, 3.05) is 6.54 Å². The molecule has 3 atom stereocenters. The first-order valence-corrected chi connectivity index (χ1v) is 8.15. The molecule has 0 saturated carbocycles. The molecule has 0 aliphatic heterocycles. The molecule has 0 radical (unpaired) electrons. The first kappa shape index (κ1) is 20.3. The number of amides is 2. The van der Waals surface area contributed by atoms with E-state index in [1.807, 2.05) is 26.8 Å². The third-order valence-electron chi connectivity index (χ3n) is 3.86. The summed E-state index contributed by atoms with van der Waals surface area (Å²) in [5.41, 5.74) is 12.8. The van der Waals surface area contributed by atoms with Crippen molar-refractivity contribution in [2.24, 2.45) is 17.4 Å². The molecule has 0 aromatic rings. The number of aliphatic hydroxyl groups excluding tert-OH is 1. The number of allylic oxidation sites excluding steroid dienone is 3. The molecule has 8 heteroatoms. The number of nitrogens with one attached hydrogen (secondary N) is 3. The highest BCUT2D eigenvalue weighted by atomic mass is 16.3. The van der Waals surface area contributed by atoms with E-state index in [1.165, 1.54) is 0 Å². The number of hydrogen-bond donors (Lipinski definition) is 6. The molecule has 0 spiro atoms. The van der Waals surface area contributed by atoms with Gasteiger partial charge in [0.05, 0.1) is 6.04 Å². The van der Waals surface area contributed by atoms with E-state index in [-0.39, 0.29) is 17.7 Å². The molecule has 8 N–H and O–H groups in total. The van der Waals surface area contributed by atoms with Gasteiger partial charge in [-0.05, 0) is 43.9 Å². The molecule has 24 heavy (non-hydrogen) atoms. The Balaban J connectivity index is 2.60. The lowest BCUT2D eigenvalue weighted by Crippen LogP contribution is -2.53. The van der Waals surface area contributed by atoms with Gasteiger partial charge in [-0.15, -0.1) is 0 Å². The maximum absolute atomic E-state index is 12.4. The van der Waals surface area contributed by atoms with Crippen molar-refractivity contribution in [1.82, 2.24) is 16.0 Å². The summed E-state index contributed by atoms with van der Waals surface area (Å²) in [6, 6.07) is -1.37. The average Bonchev–Trinajstić information content (AvgIpc) is 2.52. The van der Waals surface area contributed by atoms with E-state index in [0.29, 0.717) is 19.4 Å². The number of carbonyl (C=O) groups excluding carboxylic acids is 2. The van der Waals surface area contributed by atoms with E-state index in [0.717, 1.165) is 11.3 Å². The van der Waals surface area contributed by atoms with E-state index in [9.17, 15) is 9.59 Å². The lowest BCUT2D eigenvalue weighted by Gasteiger charge is -2.24. The van der Waals surface area contributed by atoms with Gasteiger partial charge in [-0.2, -0.15) is 0 Å². The molecule has 2 amide bonds. The first-order chi connectivity index (χ1) is 11.2. The smallest absolute Gasteiger partial charge is 0.246 e. The molecule has 0 bridgehead atoms. The van der Waals surface area contributed by atoms with E-state index < -0.39 is 18.4 Å². The number of carbonyl (C=O) groups is 2. The van der Waals surface area contributed by atoms with Crippen LogP contribution in [0.15, 0.2) is 23.4 Å². The van der Waals surface area contributed by atoms with Crippen LogP contribution in [0.3, 0.4) is 0 Å². The number of aliphatic hydroxyl groups is 1. The van der Waals surface area contributed by atoms with Gasteiger partial charge in [0, 0.05) is 5.70 Å². The quantitative estimate of drug-likeness (QED) is 0.223. The van der Waals surface area contributed by atoms with Crippen LogP contribution in [0, 0.1) is 5.92 Å². The average molecular weight is 339 g/mol. The van der Waals surface area contributed by atoms with Gasteiger partial charge in [-0.25, -0.2) is 0 Å². The molecule has 0 fully saturated rings. The summed E-state index contributed by atoms with van der Waals surface area (Å²) < 4.78 is 0. The zero-order valence-corrected chi connectivity index (χ0v) is 14.5. The maximum atomic E-state index is 12.4. The van der Waals surface area contributed by atoms with Gasteiger partial charge in [0.2, 0.25) is 11.8 Å². The van der Waals surface area contributed by atoms with Crippen molar-refractivity contribution < 1.29 is 14.7 Å². The summed E-state index contributed by atoms with van der Waals surface area (Å²) in [5.74, 6) is -0.666. The van der Waals surface area contributed by atoms with Crippen LogP contribution in [0.2, 0.25) is 0 Å². The minimum atomic E-state index is -1.10. The van der Waals surface area contributed by atoms with Crippen molar-refractivity contribution in [3.8, 4) is 0 Å². The fourth-order valence-corrected chi connectivity index (χ4v) is 2.09. The lowest BCUT2D eigenvalue weighted by atomic mass is 10.0. The Labute approximate surface area is 142 Å². The number of nitrogens with two attached hydrogens (primary N) is 2. The monoisotopic (exact) mass is 339 g/mol. The van der Waals surface area contributed by atoms with Crippen LogP contribution in [0.5, 0.6) is 0 Å². The van der Waals surface area contributed by atoms with E-state index >= 15 is 0 Å². The lowest BCUT2D eigenvalue weighted by molar-refractivity contribution is -0.129. The highest BCUT2D eigenvalue weighted by molar-refractivity contribution is 5.91. The fourth-order valence-electron chi connectivity index (χ4n) is 2.09. The summed E-state index contributed by atoms with van der Waals surface area (Å²) in [6.07, 6.45) is 3.55. The molecule has 1 aliphatic rings. The van der Waals surface area contributed by atoms with E-state index in [4.69, 9.17) is 16.6 Å². The van der Waals surface area contributed by atoms with Crippen LogP contribution in [0.4, 0.5) is 0 Å². The number of rotatable bonds is 10. The van der Waals surface area contributed by atoms with Crippen LogP contribution in [-0.2, 0) is 9.59 Å². The number of hydrogen-bond acceptors (Lipinski definition) is 6. The second kappa shape index (κ2) is 9.53. The Bertz CT molecular complexity index is 514. The summed E-state index contributed by atoms with van der Waals surface area (Å²) in [4.78, 5) is 24.6. The molecule has 136 valence electrons. The van der Waals surface area contributed by atoms with Gasteiger partial charge in [-0.3, -0.25) is 20.6 Å². The van der Waals surface area contributed by atoms with Crippen LogP contribution in [-0.4, -0.2) is 41.9 Å². The highest BCUT2D eigenvalue weighted by Gasteiger charge is 2.26. The Morgan fingerprint density at radius 3 is 2.33 bits per heavy atom. The largest absolute Gasteiger partial charge is 0.366 e. The Morgan fingerprint density at radius 1 is 1.21 bits per heavy atom. The van der Waals surface area contributed by atoms with E-state index in [1.54, 1.807) is 6.08 Å². The molecule has 0 heterocycles. The van der Waals surface area contributed by atoms with Gasteiger partial charge in [0.25, 0.3) is 0 Å². The van der Waals surface area contributed by atoms with Gasteiger partial charge >= 0.3 is 0 Å². The predicted molar refractivity (Wildman–Crippen MR) is 92.2 cm³/mol. The SMILES string of the molecule is CC1=CC=C1NC(=O)[C@H](CCCNC(N)O)NC(=O)[C@@H](N)C(C)C. The summed E-state index contributed by atoms with van der Waals surface area (Å²) in [5, 5.41) is 17.1. The molecule has 1 aliphatic carbocycles. The van der Waals surface area contributed by atoms with Crippen molar-refractivity contribution in [3.05, 3.63) is 23.4 Å². The van der Waals surface area contributed by atoms with Crippen molar-refractivity contribution in [2.45, 2.75) is 52.0 Å². The van der Waals surface area contributed by atoms with Crippen molar-refractivity contribution >= 4 is 11.8 Å². The van der Waals surface area contributed by atoms with Gasteiger partial charge in [0.1, 0.15) is 6.04 Å². The normalized spacial score (nSPS) is 17.3. The second-order valence-electron chi connectivity index (χ2n) is 6.29. The van der Waals surface area contributed by atoms with E-state index in [2.05, 4.69) is 16.0 Å². The second-order valence-corrected chi connectivity index (χ2v) is 6.29. The molecule has 0 aromatic carbocycles. The Kier molecular flexibility index (Phi) is 8.06. The Morgan fingerprint density at radius 2 is 1.88 bits per heavy atom. The molecular weight excluding hydrogens is 310 g/mol. The highest BCUT2D eigenvalue weighted by Crippen LogP contribution is 2.15. The fraction of sp³-hybridized carbons (Fsp3) is 0.625. The maximum Gasteiger partial charge on any atom is 0.246 e. The molecule has 8 nitrogen and oxygen atoms in total. The molecule has 0 saturated heterocycles. The molecule has 1 rings (SSSR count). The van der Waals surface area contributed by atoms with Gasteiger partial charge in [-0.1, -0.05) is 19.9 Å². The van der Waals surface area contributed by atoms with Crippen LogP contribution < -0.4 is 27.4 Å². The van der Waals surface area contributed by atoms with Crippen LogP contribution in [0.25, 0.3) is 0 Å². The van der Waals surface area contributed by atoms with Crippen LogP contribution >= 0.6 is 0 Å². The standard InChI is InChI=1S/C16H29N5O3/c1-9(2)13(17)15(23)21-12(5-4-8-19-16(18)24)14(22)20-11-7-6-10(11)3/h6-7,9,12-13,16,19,24H,4-5,8,17-18H2,1-3H3,(H,20,22)(H,21,23)/t12-,13-,16?/m0/s1. The zero-order valence-electron chi connectivity index (χ0n) is 14.5. The molecule has 1 unspecified atom stereocenters. The van der Waals surface area contributed by atoms with Gasteiger partial charge in [0.15, 0.2) is 6.35 Å². The third-order valence-corrected chi connectivity index (χ3v) is 3.86. The molecular formula is C16H29N5O3. The summed E-state index contributed by atoms with van der Waals surface area (Å²) in [7, 11) is 0. The minimum absolute atomic E-state index is 0.0257. The summed E-state index contributed by atoms with van der Waals surface area (Å²) >= 11 is 0. The first-order valence-electron chi connectivity index (χ1n) is 8.15. The van der Waals surface area contributed by atoms with Crippen molar-refractivity contribution in [1.29, 1.82) is 0 Å². The third kappa shape index (κ3) is 6.40. The molecule has 0 aromatic heterocycles. The Hall–Kier alpha value is -1.74. The van der Waals surface area contributed by atoms with Crippen LogP contribution in [0.1, 0.15) is 33.6 Å². The van der Waals surface area contributed by atoms with Crippen molar-refractivity contribution in [3.63, 3.8) is 0 Å². The zero-order chi connectivity index (χ0) is 18.3. The predicted octanol–water partition coefficient (Wildman–Crippen LogP) is -0.981. The van der Waals surface area contributed by atoms with Gasteiger partial charge < -0.3 is 21.5 Å². The topological polar surface area (TPSA) is 143 Å². The minimum Gasteiger partial charge on any atom is -0.366 e.